The third-order valence-electron chi connectivity index (χ3n) is 3.01. The Kier molecular flexibility index (Phi) is 2.88. The van der Waals surface area contributed by atoms with E-state index in [1.807, 2.05) is 41.8 Å². The number of fused-ring (bicyclic) bond motifs is 1. The number of aromatic nitrogens is 2. The fourth-order valence-electron chi connectivity index (χ4n) is 2.24. The SMILES string of the molecule is Cc1cccc2nc(N)n(-c3cc(Cl)cc(Cl)c3)c12. The molecular formula is C14H11Cl2N3. The van der Waals surface area contributed by atoms with E-state index < -0.39 is 0 Å². The highest BCUT2D eigenvalue weighted by atomic mass is 35.5. The number of nitrogens with two attached hydrogens (primary N) is 1. The van der Waals surface area contributed by atoms with Crippen LogP contribution in [-0.4, -0.2) is 9.55 Å². The minimum absolute atomic E-state index is 0.419. The van der Waals surface area contributed by atoms with Crippen LogP contribution in [0.3, 0.4) is 0 Å². The molecule has 19 heavy (non-hydrogen) atoms. The number of imidazole rings is 1. The molecule has 0 amide bonds. The predicted molar refractivity (Wildman–Crippen MR) is 80.2 cm³/mol. The molecule has 3 aromatic rings. The van der Waals surface area contributed by atoms with E-state index in [2.05, 4.69) is 4.98 Å². The van der Waals surface area contributed by atoms with Crippen LogP contribution in [0.4, 0.5) is 5.95 Å². The molecule has 3 rings (SSSR count). The molecule has 0 radical (unpaired) electrons. The smallest absolute Gasteiger partial charge is 0.205 e. The third-order valence-corrected chi connectivity index (χ3v) is 3.45. The van der Waals surface area contributed by atoms with Crippen molar-refractivity contribution in [2.45, 2.75) is 6.92 Å². The van der Waals surface area contributed by atoms with Gasteiger partial charge >= 0.3 is 0 Å². The molecule has 2 N–H and O–H groups in total. The number of para-hydroxylation sites is 1. The number of benzene rings is 2. The Morgan fingerprint density at radius 1 is 1.11 bits per heavy atom. The second-order valence-electron chi connectivity index (χ2n) is 4.38. The molecule has 0 aliphatic carbocycles. The predicted octanol–water partition coefficient (Wildman–Crippen LogP) is 4.22. The van der Waals surface area contributed by atoms with E-state index in [1.54, 1.807) is 6.07 Å². The molecule has 0 aliphatic heterocycles. The maximum atomic E-state index is 6.05. The molecule has 0 saturated heterocycles. The van der Waals surface area contributed by atoms with Crippen molar-refractivity contribution >= 4 is 40.2 Å². The molecule has 96 valence electrons. The maximum Gasteiger partial charge on any atom is 0.205 e. The fourth-order valence-corrected chi connectivity index (χ4v) is 2.76. The molecule has 0 fully saturated rings. The van der Waals surface area contributed by atoms with Crippen LogP contribution < -0.4 is 5.73 Å². The molecule has 2 aromatic carbocycles. The summed E-state index contributed by atoms with van der Waals surface area (Å²) in [6, 6.07) is 11.2. The number of hydrogen-bond acceptors (Lipinski definition) is 2. The summed E-state index contributed by atoms with van der Waals surface area (Å²) in [5.41, 5.74) is 9.75. The highest BCUT2D eigenvalue weighted by Crippen LogP contribution is 2.29. The number of aryl methyl sites for hydroxylation is 1. The van der Waals surface area contributed by atoms with Gasteiger partial charge in [0.05, 0.1) is 16.7 Å². The van der Waals surface area contributed by atoms with Crippen LogP contribution in [0.1, 0.15) is 5.56 Å². The van der Waals surface area contributed by atoms with Crippen molar-refractivity contribution in [3.63, 3.8) is 0 Å². The van der Waals surface area contributed by atoms with Crippen LogP contribution in [0.5, 0.6) is 0 Å². The fraction of sp³-hybridized carbons (Fsp3) is 0.0714. The van der Waals surface area contributed by atoms with Gasteiger partial charge in [-0.3, -0.25) is 4.57 Å². The second-order valence-corrected chi connectivity index (χ2v) is 5.25. The van der Waals surface area contributed by atoms with E-state index >= 15 is 0 Å². The number of nitrogen functional groups attached to an aromatic ring is 1. The first kappa shape index (κ1) is 12.3. The minimum atomic E-state index is 0.419. The number of anilines is 1. The third kappa shape index (κ3) is 2.05. The summed E-state index contributed by atoms with van der Waals surface area (Å²) in [5.74, 6) is 0.419. The van der Waals surface area contributed by atoms with Crippen LogP contribution in [0.2, 0.25) is 10.0 Å². The molecule has 0 bridgehead atoms. The van der Waals surface area contributed by atoms with Crippen molar-refractivity contribution in [1.29, 1.82) is 0 Å². The Labute approximate surface area is 120 Å². The van der Waals surface area contributed by atoms with Gasteiger partial charge in [0.15, 0.2) is 0 Å². The van der Waals surface area contributed by atoms with Gasteiger partial charge in [0.1, 0.15) is 0 Å². The summed E-state index contributed by atoms with van der Waals surface area (Å²) in [7, 11) is 0. The largest absolute Gasteiger partial charge is 0.369 e. The highest BCUT2D eigenvalue weighted by Gasteiger charge is 2.12. The first-order chi connectivity index (χ1) is 9.06. The molecule has 0 atom stereocenters. The van der Waals surface area contributed by atoms with Crippen LogP contribution >= 0.6 is 23.2 Å². The molecule has 0 aliphatic rings. The van der Waals surface area contributed by atoms with Crippen molar-refractivity contribution in [2.24, 2.45) is 0 Å². The zero-order valence-corrected chi connectivity index (χ0v) is 11.7. The normalized spacial score (nSPS) is 11.1. The zero-order valence-electron chi connectivity index (χ0n) is 10.2. The lowest BCUT2D eigenvalue weighted by atomic mass is 10.2. The standard InChI is InChI=1S/C14H11Cl2N3/c1-8-3-2-4-12-13(8)19(14(17)18-12)11-6-9(15)5-10(16)7-11/h2-7H,1H3,(H2,17,18). The summed E-state index contributed by atoms with van der Waals surface area (Å²) >= 11 is 12.1. The van der Waals surface area contributed by atoms with Crippen LogP contribution in [0, 0.1) is 6.92 Å². The summed E-state index contributed by atoms with van der Waals surface area (Å²) in [6.45, 7) is 2.02. The zero-order chi connectivity index (χ0) is 13.6. The Morgan fingerprint density at radius 3 is 2.47 bits per heavy atom. The maximum absolute atomic E-state index is 6.05. The van der Waals surface area contributed by atoms with Gasteiger partial charge < -0.3 is 5.73 Å². The average Bonchev–Trinajstić information content (AvgIpc) is 2.65. The first-order valence-corrected chi connectivity index (χ1v) is 6.52. The second kappa shape index (κ2) is 4.44. The van der Waals surface area contributed by atoms with Gasteiger partial charge in [-0.15, -0.1) is 0 Å². The lowest BCUT2D eigenvalue weighted by molar-refractivity contribution is 1.10. The van der Waals surface area contributed by atoms with Crippen molar-refractivity contribution < 1.29 is 0 Å². The van der Waals surface area contributed by atoms with Gasteiger partial charge in [-0.25, -0.2) is 4.98 Å². The van der Waals surface area contributed by atoms with E-state index in [0.717, 1.165) is 22.3 Å². The van der Waals surface area contributed by atoms with Crippen LogP contribution in [0.25, 0.3) is 16.7 Å². The van der Waals surface area contributed by atoms with Crippen molar-refractivity contribution in [2.75, 3.05) is 5.73 Å². The van der Waals surface area contributed by atoms with E-state index in [9.17, 15) is 0 Å². The quantitative estimate of drug-likeness (QED) is 0.729. The number of nitrogens with zero attached hydrogens (tertiary/aromatic N) is 2. The van der Waals surface area contributed by atoms with Gasteiger partial charge in [-0.1, -0.05) is 35.3 Å². The minimum Gasteiger partial charge on any atom is -0.369 e. The molecule has 5 heteroatoms. The number of halogens is 2. The van der Waals surface area contributed by atoms with E-state index in [1.165, 1.54) is 0 Å². The summed E-state index contributed by atoms with van der Waals surface area (Å²) in [6.07, 6.45) is 0. The van der Waals surface area contributed by atoms with Gasteiger partial charge in [-0.2, -0.15) is 0 Å². The monoisotopic (exact) mass is 291 g/mol. The lowest BCUT2D eigenvalue weighted by Gasteiger charge is -2.09. The Hall–Kier alpha value is -1.71. The topological polar surface area (TPSA) is 43.8 Å². The Morgan fingerprint density at radius 2 is 1.79 bits per heavy atom. The van der Waals surface area contributed by atoms with Crippen molar-refractivity contribution in [3.05, 3.63) is 52.0 Å². The molecule has 0 saturated carbocycles. The van der Waals surface area contributed by atoms with Gasteiger partial charge in [0, 0.05) is 10.0 Å². The average molecular weight is 292 g/mol. The summed E-state index contributed by atoms with van der Waals surface area (Å²) in [5, 5.41) is 1.13. The van der Waals surface area contributed by atoms with Crippen molar-refractivity contribution in [3.8, 4) is 5.69 Å². The summed E-state index contributed by atoms with van der Waals surface area (Å²) in [4.78, 5) is 4.36. The van der Waals surface area contributed by atoms with Gasteiger partial charge in [-0.05, 0) is 36.8 Å². The van der Waals surface area contributed by atoms with Gasteiger partial charge in [0.2, 0.25) is 5.95 Å². The molecule has 0 spiro atoms. The van der Waals surface area contributed by atoms with E-state index in [4.69, 9.17) is 28.9 Å². The van der Waals surface area contributed by atoms with Crippen LogP contribution in [0.15, 0.2) is 36.4 Å². The molecular weight excluding hydrogens is 281 g/mol. The number of hydrogen-bond donors (Lipinski definition) is 1. The lowest BCUT2D eigenvalue weighted by Crippen LogP contribution is -2.01. The number of rotatable bonds is 1. The van der Waals surface area contributed by atoms with Crippen LogP contribution in [-0.2, 0) is 0 Å². The van der Waals surface area contributed by atoms with E-state index in [-0.39, 0.29) is 0 Å². The highest BCUT2D eigenvalue weighted by molar-refractivity contribution is 6.34. The molecule has 3 nitrogen and oxygen atoms in total. The molecule has 1 aromatic heterocycles. The van der Waals surface area contributed by atoms with Gasteiger partial charge in [0.25, 0.3) is 0 Å². The van der Waals surface area contributed by atoms with E-state index in [0.29, 0.717) is 16.0 Å². The molecule has 1 heterocycles. The summed E-state index contributed by atoms with van der Waals surface area (Å²) < 4.78 is 1.86. The Balaban J connectivity index is 2.38. The molecule has 0 unspecified atom stereocenters. The first-order valence-electron chi connectivity index (χ1n) is 5.76. The van der Waals surface area contributed by atoms with Crippen molar-refractivity contribution in [1.82, 2.24) is 9.55 Å². The Bertz CT molecular complexity index is 757.